The number of rotatable bonds is 7. The van der Waals surface area contributed by atoms with E-state index in [2.05, 4.69) is 19.2 Å². The Bertz CT molecular complexity index is 1330. The second-order valence-electron chi connectivity index (χ2n) is 8.44. The summed E-state index contributed by atoms with van der Waals surface area (Å²) >= 11 is 6.25. The van der Waals surface area contributed by atoms with Gasteiger partial charge in [0.1, 0.15) is 16.5 Å². The highest BCUT2D eigenvalue weighted by Crippen LogP contribution is 2.32. The Labute approximate surface area is 209 Å². The lowest BCUT2D eigenvalue weighted by atomic mass is 10.0. The molecular weight excluding hydrogens is 464 g/mol. The molecule has 7 heteroatoms. The van der Waals surface area contributed by atoms with Crippen molar-refractivity contribution in [3.63, 3.8) is 0 Å². The SMILES string of the molecule is CCc1ccccc1N1C(=O)C(Cl)=C(Nc2ccc(C(=O)Oc3cccc(C(C)C)c3)cc2)C1=O. The third kappa shape index (κ3) is 4.98. The van der Waals surface area contributed by atoms with Crippen LogP contribution < -0.4 is 15.0 Å². The van der Waals surface area contributed by atoms with Crippen molar-refractivity contribution in [3.8, 4) is 5.75 Å². The number of para-hydroxylation sites is 1. The molecule has 0 atom stereocenters. The van der Waals surface area contributed by atoms with Crippen molar-refractivity contribution in [2.24, 2.45) is 0 Å². The fourth-order valence-corrected chi connectivity index (χ4v) is 4.01. The number of nitrogens with one attached hydrogen (secondary N) is 1. The third-order valence-corrected chi connectivity index (χ3v) is 6.12. The van der Waals surface area contributed by atoms with Gasteiger partial charge in [-0.3, -0.25) is 9.59 Å². The van der Waals surface area contributed by atoms with Crippen LogP contribution >= 0.6 is 11.6 Å². The van der Waals surface area contributed by atoms with Crippen LogP contribution in [0.25, 0.3) is 0 Å². The van der Waals surface area contributed by atoms with E-state index in [9.17, 15) is 14.4 Å². The van der Waals surface area contributed by atoms with Gasteiger partial charge in [0.15, 0.2) is 0 Å². The zero-order valence-electron chi connectivity index (χ0n) is 19.7. The fraction of sp³-hybridized carbons (Fsp3) is 0.179. The van der Waals surface area contributed by atoms with Crippen LogP contribution in [0.3, 0.4) is 0 Å². The number of imide groups is 1. The number of benzene rings is 3. The molecule has 35 heavy (non-hydrogen) atoms. The molecule has 1 heterocycles. The Kier molecular flexibility index (Phi) is 7.03. The average Bonchev–Trinajstić information content (AvgIpc) is 3.07. The first kappa shape index (κ1) is 24.2. The monoisotopic (exact) mass is 488 g/mol. The smallest absolute Gasteiger partial charge is 0.343 e. The van der Waals surface area contributed by atoms with E-state index in [1.165, 1.54) is 0 Å². The predicted molar refractivity (Wildman–Crippen MR) is 137 cm³/mol. The molecule has 1 aliphatic rings. The number of halogens is 1. The minimum absolute atomic E-state index is 0.0107. The number of ether oxygens (including phenoxy) is 1. The molecule has 3 aromatic carbocycles. The quantitative estimate of drug-likeness (QED) is 0.250. The predicted octanol–water partition coefficient (Wildman–Crippen LogP) is 6.03. The number of hydrogen-bond donors (Lipinski definition) is 1. The van der Waals surface area contributed by atoms with E-state index in [1.807, 2.05) is 37.3 Å². The van der Waals surface area contributed by atoms with Gasteiger partial charge in [-0.1, -0.05) is 62.7 Å². The highest BCUT2D eigenvalue weighted by Gasteiger charge is 2.39. The van der Waals surface area contributed by atoms with Gasteiger partial charge >= 0.3 is 5.97 Å². The number of anilines is 2. The van der Waals surface area contributed by atoms with E-state index in [0.717, 1.165) is 16.0 Å². The molecule has 0 aliphatic carbocycles. The number of carbonyl (C=O) groups excluding carboxylic acids is 3. The van der Waals surface area contributed by atoms with Crippen molar-refractivity contribution in [1.82, 2.24) is 0 Å². The molecule has 0 radical (unpaired) electrons. The number of carbonyl (C=O) groups is 3. The summed E-state index contributed by atoms with van der Waals surface area (Å²) in [5, 5.41) is 2.74. The first-order chi connectivity index (χ1) is 16.8. The number of aryl methyl sites for hydroxylation is 1. The summed E-state index contributed by atoms with van der Waals surface area (Å²) in [6.07, 6.45) is 0.660. The molecule has 0 unspecified atom stereocenters. The van der Waals surface area contributed by atoms with Gasteiger partial charge < -0.3 is 10.1 Å². The first-order valence-electron chi connectivity index (χ1n) is 11.4. The van der Waals surface area contributed by atoms with E-state index >= 15 is 0 Å². The van der Waals surface area contributed by atoms with Crippen molar-refractivity contribution < 1.29 is 19.1 Å². The summed E-state index contributed by atoms with van der Waals surface area (Å²) in [5.74, 6) is -0.818. The number of hydrogen-bond acceptors (Lipinski definition) is 5. The Morgan fingerprint density at radius 3 is 2.37 bits per heavy atom. The molecule has 0 bridgehead atoms. The van der Waals surface area contributed by atoms with E-state index in [1.54, 1.807) is 42.5 Å². The van der Waals surface area contributed by atoms with Crippen LogP contribution in [-0.2, 0) is 16.0 Å². The lowest BCUT2D eigenvalue weighted by molar-refractivity contribution is -0.120. The average molecular weight is 489 g/mol. The minimum Gasteiger partial charge on any atom is -0.423 e. The maximum absolute atomic E-state index is 13.1. The number of amides is 2. The van der Waals surface area contributed by atoms with Crippen LogP contribution in [0.2, 0.25) is 0 Å². The van der Waals surface area contributed by atoms with Gasteiger partial charge in [0, 0.05) is 5.69 Å². The van der Waals surface area contributed by atoms with Crippen LogP contribution in [0.4, 0.5) is 11.4 Å². The standard InChI is InChI=1S/C28H25ClN2O4/c1-4-18-8-5-6-11-23(18)31-26(32)24(29)25(27(31)33)30-21-14-12-19(13-15-21)28(34)35-22-10-7-9-20(16-22)17(2)3/h5-17,30H,4H2,1-3H3. The summed E-state index contributed by atoms with van der Waals surface area (Å²) in [7, 11) is 0. The van der Waals surface area contributed by atoms with Gasteiger partial charge in [0.25, 0.3) is 11.8 Å². The normalized spacial score (nSPS) is 13.6. The van der Waals surface area contributed by atoms with Gasteiger partial charge in [-0.15, -0.1) is 0 Å². The van der Waals surface area contributed by atoms with Crippen molar-refractivity contribution in [2.75, 3.05) is 10.2 Å². The number of nitrogens with zero attached hydrogens (tertiary/aromatic N) is 1. The molecule has 0 spiro atoms. The molecule has 0 saturated heterocycles. The maximum atomic E-state index is 13.1. The van der Waals surface area contributed by atoms with Gasteiger partial charge in [-0.05, 0) is 65.9 Å². The summed E-state index contributed by atoms with van der Waals surface area (Å²) in [6, 6.07) is 21.0. The second kappa shape index (κ2) is 10.2. The first-order valence-corrected chi connectivity index (χ1v) is 11.7. The van der Waals surface area contributed by atoms with Gasteiger partial charge in [-0.2, -0.15) is 0 Å². The van der Waals surface area contributed by atoms with Crippen molar-refractivity contribution in [1.29, 1.82) is 0 Å². The van der Waals surface area contributed by atoms with Crippen molar-refractivity contribution >= 4 is 40.8 Å². The van der Waals surface area contributed by atoms with E-state index < -0.39 is 17.8 Å². The minimum atomic E-state index is -0.580. The molecule has 1 aliphatic heterocycles. The molecule has 1 N–H and O–H groups in total. The Balaban J connectivity index is 1.48. The highest BCUT2D eigenvalue weighted by molar-refractivity contribution is 6.53. The second-order valence-corrected chi connectivity index (χ2v) is 8.81. The third-order valence-electron chi connectivity index (χ3n) is 5.77. The van der Waals surface area contributed by atoms with Crippen molar-refractivity contribution in [3.05, 3.63) is 100 Å². The molecular formula is C28H25ClN2O4. The Morgan fingerprint density at radius 1 is 0.971 bits per heavy atom. The van der Waals surface area contributed by atoms with Crippen molar-refractivity contribution in [2.45, 2.75) is 33.1 Å². The zero-order chi connectivity index (χ0) is 25.1. The molecule has 178 valence electrons. The summed E-state index contributed by atoms with van der Waals surface area (Å²) in [6.45, 7) is 6.09. The van der Waals surface area contributed by atoms with Crippen LogP contribution in [-0.4, -0.2) is 17.8 Å². The number of esters is 1. The van der Waals surface area contributed by atoms with E-state index in [-0.39, 0.29) is 10.7 Å². The molecule has 0 fully saturated rings. The Hall–Kier alpha value is -3.90. The van der Waals surface area contributed by atoms with Crippen LogP contribution in [0.15, 0.2) is 83.5 Å². The highest BCUT2D eigenvalue weighted by atomic mass is 35.5. The van der Waals surface area contributed by atoms with Crippen LogP contribution in [0.5, 0.6) is 5.75 Å². The molecule has 6 nitrogen and oxygen atoms in total. The molecule has 4 rings (SSSR count). The van der Waals surface area contributed by atoms with Gasteiger partial charge in [0.05, 0.1) is 11.3 Å². The van der Waals surface area contributed by atoms with Crippen LogP contribution in [0.1, 0.15) is 48.2 Å². The molecule has 2 amide bonds. The lowest BCUT2D eigenvalue weighted by Gasteiger charge is -2.18. The van der Waals surface area contributed by atoms with E-state index in [4.69, 9.17) is 16.3 Å². The summed E-state index contributed by atoms with van der Waals surface area (Å²) in [5.41, 5.74) is 3.29. The Morgan fingerprint density at radius 2 is 1.69 bits per heavy atom. The van der Waals surface area contributed by atoms with Crippen LogP contribution in [0, 0.1) is 0 Å². The molecule has 3 aromatic rings. The topological polar surface area (TPSA) is 75.7 Å². The molecule has 0 aromatic heterocycles. The van der Waals surface area contributed by atoms with Gasteiger partial charge in [-0.25, -0.2) is 9.69 Å². The fourth-order valence-electron chi connectivity index (χ4n) is 3.80. The zero-order valence-corrected chi connectivity index (χ0v) is 20.4. The summed E-state index contributed by atoms with van der Waals surface area (Å²) < 4.78 is 5.50. The van der Waals surface area contributed by atoms with Gasteiger partial charge in [0.2, 0.25) is 0 Å². The summed E-state index contributed by atoms with van der Waals surface area (Å²) in [4.78, 5) is 39.5. The lowest BCUT2D eigenvalue weighted by Crippen LogP contribution is -2.33. The molecule has 0 saturated carbocycles. The largest absolute Gasteiger partial charge is 0.423 e. The van der Waals surface area contributed by atoms with E-state index in [0.29, 0.717) is 35.0 Å². The maximum Gasteiger partial charge on any atom is 0.343 e.